The first-order valence-electron chi connectivity index (χ1n) is 8.93. The third-order valence-electron chi connectivity index (χ3n) is 4.23. The highest BCUT2D eigenvalue weighted by Gasteiger charge is 2.21. The van der Waals surface area contributed by atoms with Gasteiger partial charge in [-0.2, -0.15) is 0 Å². The molecule has 0 unspecified atom stereocenters. The molecule has 0 spiro atoms. The highest BCUT2D eigenvalue weighted by molar-refractivity contribution is 6.05. The normalized spacial score (nSPS) is 13.4. The molecule has 4 amide bonds. The zero-order chi connectivity index (χ0) is 19.2. The summed E-state index contributed by atoms with van der Waals surface area (Å²) in [6.45, 7) is 3.08. The van der Waals surface area contributed by atoms with Crippen molar-refractivity contribution < 1.29 is 14.4 Å². The lowest BCUT2D eigenvalue weighted by molar-refractivity contribution is -0.117. The number of hydrogen-bond donors (Lipinski definition) is 3. The molecule has 1 aliphatic heterocycles. The number of nitrogens with one attached hydrogen (secondary N) is 3. The van der Waals surface area contributed by atoms with Crippen LogP contribution in [0.1, 0.15) is 30.1 Å². The van der Waals surface area contributed by atoms with Gasteiger partial charge in [-0.15, -0.1) is 0 Å². The van der Waals surface area contributed by atoms with Crippen LogP contribution in [-0.2, 0) is 4.79 Å². The molecule has 140 valence electrons. The molecule has 3 rings (SSSR count). The van der Waals surface area contributed by atoms with Crippen LogP contribution in [0.5, 0.6) is 0 Å². The molecule has 0 atom stereocenters. The number of carbonyl (C=O) groups excluding carboxylic acids is 3. The lowest BCUT2D eigenvalue weighted by Crippen LogP contribution is -2.28. The molecular formula is C20H22N4O3. The van der Waals surface area contributed by atoms with E-state index in [1.54, 1.807) is 53.4 Å². The number of urea groups is 1. The van der Waals surface area contributed by atoms with Gasteiger partial charge in [-0.25, -0.2) is 4.79 Å². The Labute approximate surface area is 157 Å². The van der Waals surface area contributed by atoms with Gasteiger partial charge in [0.05, 0.1) is 0 Å². The van der Waals surface area contributed by atoms with Gasteiger partial charge in [0.15, 0.2) is 0 Å². The van der Waals surface area contributed by atoms with Crippen LogP contribution in [0.15, 0.2) is 48.5 Å². The minimum atomic E-state index is -0.298. The maximum atomic E-state index is 12.5. The van der Waals surface area contributed by atoms with Crippen LogP contribution in [0, 0.1) is 0 Å². The van der Waals surface area contributed by atoms with Crippen molar-refractivity contribution in [2.75, 3.05) is 28.6 Å². The van der Waals surface area contributed by atoms with Gasteiger partial charge in [0, 0.05) is 42.1 Å². The van der Waals surface area contributed by atoms with Gasteiger partial charge in [-0.05, 0) is 55.8 Å². The highest BCUT2D eigenvalue weighted by Crippen LogP contribution is 2.22. The third-order valence-corrected chi connectivity index (χ3v) is 4.23. The molecule has 3 N–H and O–H groups in total. The molecule has 1 saturated heterocycles. The molecule has 0 saturated carbocycles. The van der Waals surface area contributed by atoms with Crippen molar-refractivity contribution in [2.45, 2.75) is 19.8 Å². The van der Waals surface area contributed by atoms with Crippen molar-refractivity contribution >= 4 is 34.9 Å². The van der Waals surface area contributed by atoms with Gasteiger partial charge in [-0.1, -0.05) is 6.07 Å². The zero-order valence-corrected chi connectivity index (χ0v) is 15.1. The maximum absolute atomic E-state index is 12.5. The molecule has 1 fully saturated rings. The molecule has 0 radical (unpaired) electrons. The SMILES string of the molecule is CCNC(=O)Nc1cccc(NC(=O)c2ccc(N3CCCC3=O)cc2)c1. The van der Waals surface area contributed by atoms with E-state index in [9.17, 15) is 14.4 Å². The van der Waals surface area contributed by atoms with Crippen molar-refractivity contribution in [3.8, 4) is 0 Å². The first-order chi connectivity index (χ1) is 13.1. The van der Waals surface area contributed by atoms with Gasteiger partial charge < -0.3 is 20.9 Å². The molecule has 2 aromatic rings. The molecular weight excluding hydrogens is 344 g/mol. The standard InChI is InChI=1S/C20H22N4O3/c1-2-21-20(27)23-16-6-3-5-15(13-16)22-19(26)14-8-10-17(11-9-14)24-12-4-7-18(24)25/h3,5-6,8-11,13H,2,4,7,12H2,1H3,(H,22,26)(H2,21,23,27). The van der Waals surface area contributed by atoms with Crippen LogP contribution >= 0.6 is 0 Å². The van der Waals surface area contributed by atoms with Crippen LogP contribution in [0.4, 0.5) is 21.9 Å². The molecule has 0 bridgehead atoms. The van der Waals surface area contributed by atoms with E-state index in [0.717, 1.165) is 18.7 Å². The fraction of sp³-hybridized carbons (Fsp3) is 0.250. The van der Waals surface area contributed by atoms with E-state index in [-0.39, 0.29) is 17.8 Å². The fourth-order valence-corrected chi connectivity index (χ4v) is 2.93. The van der Waals surface area contributed by atoms with Crippen molar-refractivity contribution in [1.82, 2.24) is 5.32 Å². The minimum absolute atomic E-state index is 0.114. The van der Waals surface area contributed by atoms with Gasteiger partial charge in [-0.3, -0.25) is 9.59 Å². The molecule has 0 aliphatic carbocycles. The van der Waals surface area contributed by atoms with Gasteiger partial charge >= 0.3 is 6.03 Å². The summed E-state index contributed by atoms with van der Waals surface area (Å²) < 4.78 is 0. The van der Waals surface area contributed by atoms with Crippen molar-refractivity contribution in [2.24, 2.45) is 0 Å². The Morgan fingerprint density at radius 1 is 1.04 bits per heavy atom. The van der Waals surface area contributed by atoms with E-state index in [4.69, 9.17) is 0 Å². The molecule has 0 aromatic heterocycles. The number of carbonyl (C=O) groups is 3. The van der Waals surface area contributed by atoms with Crippen LogP contribution in [0.2, 0.25) is 0 Å². The second kappa shape index (κ2) is 8.35. The zero-order valence-electron chi connectivity index (χ0n) is 15.1. The predicted molar refractivity (Wildman–Crippen MR) is 105 cm³/mol. The molecule has 7 nitrogen and oxygen atoms in total. The quantitative estimate of drug-likeness (QED) is 0.759. The number of benzene rings is 2. The van der Waals surface area contributed by atoms with E-state index in [2.05, 4.69) is 16.0 Å². The van der Waals surface area contributed by atoms with Crippen LogP contribution in [-0.4, -0.2) is 30.9 Å². The number of anilines is 3. The summed E-state index contributed by atoms with van der Waals surface area (Å²) in [7, 11) is 0. The Bertz CT molecular complexity index is 849. The molecule has 1 aliphatic rings. The summed E-state index contributed by atoms with van der Waals surface area (Å²) in [5.74, 6) is -0.145. The largest absolute Gasteiger partial charge is 0.338 e. The maximum Gasteiger partial charge on any atom is 0.319 e. The summed E-state index contributed by atoms with van der Waals surface area (Å²) >= 11 is 0. The lowest BCUT2D eigenvalue weighted by atomic mass is 10.1. The van der Waals surface area contributed by atoms with Crippen molar-refractivity contribution in [3.05, 3.63) is 54.1 Å². The van der Waals surface area contributed by atoms with Gasteiger partial charge in [0.25, 0.3) is 5.91 Å². The Hall–Kier alpha value is -3.35. The number of hydrogen-bond acceptors (Lipinski definition) is 3. The van der Waals surface area contributed by atoms with Crippen LogP contribution in [0.25, 0.3) is 0 Å². The molecule has 27 heavy (non-hydrogen) atoms. The third kappa shape index (κ3) is 4.63. The summed E-state index contributed by atoms with van der Waals surface area (Å²) in [6, 6.07) is 13.6. The Morgan fingerprint density at radius 2 is 1.74 bits per heavy atom. The van der Waals surface area contributed by atoms with E-state index in [1.807, 2.05) is 6.92 Å². The van der Waals surface area contributed by atoms with Gasteiger partial charge in [0.2, 0.25) is 5.91 Å². The Balaban J connectivity index is 1.65. The van der Waals surface area contributed by atoms with Crippen LogP contribution < -0.4 is 20.9 Å². The van der Waals surface area contributed by atoms with Crippen LogP contribution in [0.3, 0.4) is 0 Å². The lowest BCUT2D eigenvalue weighted by Gasteiger charge is -2.16. The Morgan fingerprint density at radius 3 is 2.37 bits per heavy atom. The van der Waals surface area contributed by atoms with E-state index in [0.29, 0.717) is 29.9 Å². The average Bonchev–Trinajstić information content (AvgIpc) is 3.08. The summed E-state index contributed by atoms with van der Waals surface area (Å²) in [5.41, 5.74) is 2.46. The second-order valence-corrected chi connectivity index (χ2v) is 6.22. The van der Waals surface area contributed by atoms with Crippen molar-refractivity contribution in [1.29, 1.82) is 0 Å². The summed E-state index contributed by atoms with van der Waals surface area (Å²) in [5, 5.41) is 8.16. The smallest absolute Gasteiger partial charge is 0.319 e. The first-order valence-corrected chi connectivity index (χ1v) is 8.93. The molecule has 7 heteroatoms. The number of nitrogens with zero attached hydrogens (tertiary/aromatic N) is 1. The predicted octanol–water partition coefficient (Wildman–Crippen LogP) is 3.21. The van der Waals surface area contributed by atoms with Crippen molar-refractivity contribution in [3.63, 3.8) is 0 Å². The van der Waals surface area contributed by atoms with E-state index >= 15 is 0 Å². The number of rotatable bonds is 5. The second-order valence-electron chi connectivity index (χ2n) is 6.22. The first kappa shape index (κ1) is 18.4. The summed E-state index contributed by atoms with van der Waals surface area (Å²) in [6.07, 6.45) is 1.44. The fourth-order valence-electron chi connectivity index (χ4n) is 2.93. The van der Waals surface area contributed by atoms with Gasteiger partial charge in [0.1, 0.15) is 0 Å². The highest BCUT2D eigenvalue weighted by atomic mass is 16.2. The molecule has 1 heterocycles. The number of amides is 4. The minimum Gasteiger partial charge on any atom is -0.338 e. The topological polar surface area (TPSA) is 90.5 Å². The summed E-state index contributed by atoms with van der Waals surface area (Å²) in [4.78, 5) is 37.6. The Kier molecular flexibility index (Phi) is 5.71. The monoisotopic (exact) mass is 366 g/mol. The van der Waals surface area contributed by atoms with E-state index in [1.165, 1.54) is 0 Å². The molecule has 2 aromatic carbocycles. The average molecular weight is 366 g/mol. The van der Waals surface area contributed by atoms with E-state index < -0.39 is 0 Å².